The summed E-state index contributed by atoms with van der Waals surface area (Å²) in [5.41, 5.74) is 2.10. The Balaban J connectivity index is 1.48. The summed E-state index contributed by atoms with van der Waals surface area (Å²) >= 11 is 5.96. The summed E-state index contributed by atoms with van der Waals surface area (Å²) in [5.74, 6) is 0.663. The molecule has 2 aromatic rings. The molecule has 3 rings (SSSR count). The number of amides is 1. The number of benzene rings is 2. The van der Waals surface area contributed by atoms with Crippen molar-refractivity contribution < 1.29 is 4.79 Å². The van der Waals surface area contributed by atoms with Crippen LogP contribution in [0, 0.1) is 5.92 Å². The van der Waals surface area contributed by atoms with Crippen molar-refractivity contribution in [3.63, 3.8) is 0 Å². The quantitative estimate of drug-likeness (QED) is 0.753. The van der Waals surface area contributed by atoms with E-state index >= 15 is 0 Å². The van der Waals surface area contributed by atoms with Gasteiger partial charge in [-0.1, -0.05) is 41.9 Å². The molecule has 2 aromatic carbocycles. The summed E-state index contributed by atoms with van der Waals surface area (Å²) in [6.07, 6.45) is 3.45. The van der Waals surface area contributed by atoms with E-state index in [-0.39, 0.29) is 5.91 Å². The molecule has 1 heterocycles. The van der Waals surface area contributed by atoms with Gasteiger partial charge in [-0.05, 0) is 61.6 Å². The Hall–Kier alpha value is -1.84. The highest BCUT2D eigenvalue weighted by molar-refractivity contribution is 6.30. The molecule has 1 atom stereocenters. The highest BCUT2D eigenvalue weighted by Crippen LogP contribution is 2.19. The maximum Gasteiger partial charge on any atom is 0.253 e. The second kappa shape index (κ2) is 9.20. The normalized spacial score (nSPS) is 17.8. The van der Waals surface area contributed by atoms with E-state index in [9.17, 15) is 4.79 Å². The van der Waals surface area contributed by atoms with Crippen molar-refractivity contribution in [1.29, 1.82) is 0 Å². The Morgan fingerprint density at radius 1 is 1.15 bits per heavy atom. The lowest BCUT2D eigenvalue weighted by Gasteiger charge is -2.34. The van der Waals surface area contributed by atoms with E-state index in [4.69, 9.17) is 11.6 Å². The summed E-state index contributed by atoms with van der Waals surface area (Å²) in [6, 6.07) is 17.7. The molecule has 4 heteroatoms. The molecule has 1 amide bonds. The molecule has 0 spiro atoms. The Labute approximate surface area is 161 Å². The molecule has 1 aliphatic heterocycles. The maximum atomic E-state index is 12.5. The van der Waals surface area contributed by atoms with Gasteiger partial charge in [-0.25, -0.2) is 0 Å². The minimum Gasteiger partial charge on any atom is -0.341 e. The van der Waals surface area contributed by atoms with Gasteiger partial charge in [0.15, 0.2) is 0 Å². The van der Waals surface area contributed by atoms with E-state index in [1.165, 1.54) is 18.4 Å². The summed E-state index contributed by atoms with van der Waals surface area (Å²) < 4.78 is 0. The molecule has 138 valence electrons. The molecule has 1 saturated heterocycles. The molecule has 0 aliphatic carbocycles. The Bertz CT molecular complexity index is 702. The fraction of sp³-hybridized carbons (Fsp3) is 0.409. The van der Waals surface area contributed by atoms with Gasteiger partial charge >= 0.3 is 0 Å². The molecule has 26 heavy (non-hydrogen) atoms. The number of rotatable bonds is 6. The van der Waals surface area contributed by atoms with Crippen LogP contribution in [0.1, 0.15) is 28.8 Å². The third kappa shape index (κ3) is 5.33. The molecule has 0 aromatic heterocycles. The number of likely N-dealkylation sites (tertiary alicyclic amines) is 1. The Kier molecular flexibility index (Phi) is 6.70. The van der Waals surface area contributed by atoms with E-state index in [1.807, 2.05) is 54.4 Å². The first-order valence-electron chi connectivity index (χ1n) is 9.39. The molecule has 1 aliphatic rings. The largest absolute Gasteiger partial charge is 0.341 e. The van der Waals surface area contributed by atoms with E-state index < -0.39 is 0 Å². The molecule has 1 fully saturated rings. The van der Waals surface area contributed by atoms with Crippen LogP contribution in [0.2, 0.25) is 5.02 Å². The summed E-state index contributed by atoms with van der Waals surface area (Å²) in [7, 11) is 1.92. The number of piperidine rings is 1. The molecular weight excluding hydrogens is 344 g/mol. The van der Waals surface area contributed by atoms with E-state index in [0.717, 1.165) is 43.2 Å². The van der Waals surface area contributed by atoms with Crippen LogP contribution in [-0.2, 0) is 6.42 Å². The molecule has 0 unspecified atom stereocenters. The molecule has 0 saturated carbocycles. The zero-order chi connectivity index (χ0) is 18.4. The van der Waals surface area contributed by atoms with Crippen LogP contribution in [0.3, 0.4) is 0 Å². The first-order chi connectivity index (χ1) is 12.6. The minimum absolute atomic E-state index is 0.115. The van der Waals surface area contributed by atoms with E-state index in [0.29, 0.717) is 5.92 Å². The highest BCUT2D eigenvalue weighted by Gasteiger charge is 2.23. The fourth-order valence-corrected chi connectivity index (χ4v) is 3.84. The van der Waals surface area contributed by atoms with E-state index in [1.54, 1.807) is 0 Å². The third-order valence-corrected chi connectivity index (χ3v) is 5.38. The monoisotopic (exact) mass is 370 g/mol. The van der Waals surface area contributed by atoms with Gasteiger partial charge in [0, 0.05) is 37.3 Å². The van der Waals surface area contributed by atoms with Crippen molar-refractivity contribution in [3.05, 3.63) is 70.7 Å². The number of carbonyl (C=O) groups is 1. The molecule has 3 nitrogen and oxygen atoms in total. The molecule has 0 bridgehead atoms. The van der Waals surface area contributed by atoms with E-state index in [2.05, 4.69) is 17.0 Å². The topological polar surface area (TPSA) is 23.6 Å². The molecule has 0 N–H and O–H groups in total. The number of hydrogen-bond acceptors (Lipinski definition) is 2. The van der Waals surface area contributed by atoms with Crippen LogP contribution in [0.15, 0.2) is 54.6 Å². The lowest BCUT2D eigenvalue weighted by Crippen LogP contribution is -2.42. The number of nitrogens with zero attached hydrogens (tertiary/aromatic N) is 2. The van der Waals surface area contributed by atoms with Gasteiger partial charge in [0.2, 0.25) is 0 Å². The predicted molar refractivity (Wildman–Crippen MR) is 108 cm³/mol. The van der Waals surface area contributed by atoms with Crippen LogP contribution in [0.25, 0.3) is 0 Å². The zero-order valence-corrected chi connectivity index (χ0v) is 16.2. The third-order valence-electron chi connectivity index (χ3n) is 5.13. The highest BCUT2D eigenvalue weighted by atomic mass is 35.5. The standard InChI is InChI=1S/C22H27ClN2O/c1-24(22(26)20-7-3-2-4-8-20)16-19-6-5-14-25(17-19)15-13-18-9-11-21(23)12-10-18/h2-4,7-12,19H,5-6,13-17H2,1H3/t19-/m0/s1. The predicted octanol–water partition coefficient (Wildman–Crippen LogP) is 4.37. The smallest absolute Gasteiger partial charge is 0.253 e. The number of hydrogen-bond donors (Lipinski definition) is 0. The van der Waals surface area contributed by atoms with Crippen LogP contribution < -0.4 is 0 Å². The SMILES string of the molecule is CN(C[C@@H]1CCCN(CCc2ccc(Cl)cc2)C1)C(=O)c1ccccc1. The van der Waals surface area contributed by atoms with Gasteiger partial charge < -0.3 is 9.80 Å². The second-order valence-electron chi connectivity index (χ2n) is 7.24. The Morgan fingerprint density at radius 3 is 2.62 bits per heavy atom. The van der Waals surface area contributed by atoms with Crippen LogP contribution in [0.4, 0.5) is 0 Å². The lowest BCUT2D eigenvalue weighted by molar-refractivity contribution is 0.0730. The number of halogens is 1. The molecular formula is C22H27ClN2O. The van der Waals surface area contributed by atoms with Gasteiger partial charge in [0.05, 0.1) is 0 Å². The van der Waals surface area contributed by atoms with Gasteiger partial charge in [-0.15, -0.1) is 0 Å². The second-order valence-corrected chi connectivity index (χ2v) is 7.67. The minimum atomic E-state index is 0.115. The maximum absolute atomic E-state index is 12.5. The van der Waals surface area contributed by atoms with Gasteiger partial charge in [-0.2, -0.15) is 0 Å². The first-order valence-corrected chi connectivity index (χ1v) is 9.77. The summed E-state index contributed by atoms with van der Waals surface area (Å²) in [6.45, 7) is 4.11. The van der Waals surface area contributed by atoms with Crippen molar-refractivity contribution in [1.82, 2.24) is 9.80 Å². The zero-order valence-electron chi connectivity index (χ0n) is 15.4. The van der Waals surface area contributed by atoms with Gasteiger partial charge in [0.1, 0.15) is 0 Å². The average Bonchev–Trinajstić information content (AvgIpc) is 2.68. The van der Waals surface area contributed by atoms with Crippen molar-refractivity contribution in [3.8, 4) is 0 Å². The lowest BCUT2D eigenvalue weighted by atomic mass is 9.96. The number of carbonyl (C=O) groups excluding carboxylic acids is 1. The van der Waals surface area contributed by atoms with Crippen LogP contribution >= 0.6 is 11.6 Å². The Morgan fingerprint density at radius 2 is 1.88 bits per heavy atom. The van der Waals surface area contributed by atoms with Crippen molar-refractivity contribution in [2.75, 3.05) is 33.2 Å². The fourth-order valence-electron chi connectivity index (χ4n) is 3.71. The van der Waals surface area contributed by atoms with Crippen molar-refractivity contribution >= 4 is 17.5 Å². The van der Waals surface area contributed by atoms with Gasteiger partial charge in [-0.3, -0.25) is 4.79 Å². The first kappa shape index (κ1) is 18.9. The van der Waals surface area contributed by atoms with Gasteiger partial charge in [0.25, 0.3) is 5.91 Å². The van der Waals surface area contributed by atoms with Crippen LogP contribution in [0.5, 0.6) is 0 Å². The summed E-state index contributed by atoms with van der Waals surface area (Å²) in [5, 5.41) is 0.790. The van der Waals surface area contributed by atoms with Crippen molar-refractivity contribution in [2.45, 2.75) is 19.3 Å². The van der Waals surface area contributed by atoms with Crippen molar-refractivity contribution in [2.24, 2.45) is 5.92 Å². The molecule has 0 radical (unpaired) electrons. The van der Waals surface area contributed by atoms with Crippen LogP contribution in [-0.4, -0.2) is 48.9 Å². The average molecular weight is 371 g/mol. The summed E-state index contributed by atoms with van der Waals surface area (Å²) in [4.78, 5) is 16.9.